The molecule has 0 radical (unpaired) electrons. The maximum Gasteiger partial charge on any atom is 0.266 e. The van der Waals surface area contributed by atoms with Gasteiger partial charge >= 0.3 is 0 Å². The highest BCUT2D eigenvalue weighted by Gasteiger charge is 2.32. The van der Waals surface area contributed by atoms with E-state index in [0.29, 0.717) is 48.3 Å². The third kappa shape index (κ3) is 6.06. The van der Waals surface area contributed by atoms with E-state index < -0.39 is 0 Å². The number of benzene rings is 3. The molecule has 1 saturated heterocycles. The number of carbonyl (C=O) groups is 1. The molecule has 0 bridgehead atoms. The molecule has 1 amide bonds. The summed E-state index contributed by atoms with van der Waals surface area (Å²) in [6, 6.07) is 14.6. The molecule has 4 rings (SSSR count). The zero-order chi connectivity index (χ0) is 25.8. The average molecular weight is 610 g/mol. The van der Waals surface area contributed by atoms with Crippen molar-refractivity contribution in [3.8, 4) is 11.5 Å². The van der Waals surface area contributed by atoms with Crippen molar-refractivity contribution in [3.05, 3.63) is 91.0 Å². The maximum absolute atomic E-state index is 13.2. The number of carbonyl (C=O) groups excluding carboxylic acids is 1. The van der Waals surface area contributed by atoms with Crippen LogP contribution in [0, 0.1) is 5.82 Å². The van der Waals surface area contributed by atoms with Crippen LogP contribution in [0.1, 0.15) is 18.1 Å². The van der Waals surface area contributed by atoms with E-state index >= 15 is 0 Å². The minimum absolute atomic E-state index is 0.160. The van der Waals surface area contributed by atoms with Gasteiger partial charge in [0.2, 0.25) is 0 Å². The van der Waals surface area contributed by atoms with Crippen LogP contribution in [-0.2, 0) is 11.4 Å². The molecular formula is C26H20BrCl2FN2O3S. The van der Waals surface area contributed by atoms with Crippen LogP contribution in [0.5, 0.6) is 11.5 Å². The van der Waals surface area contributed by atoms with Crippen molar-refractivity contribution in [2.24, 2.45) is 4.99 Å². The van der Waals surface area contributed by atoms with Gasteiger partial charge in [0.15, 0.2) is 16.7 Å². The molecule has 0 saturated carbocycles. The molecule has 0 unspecified atom stereocenters. The molecule has 36 heavy (non-hydrogen) atoms. The van der Waals surface area contributed by atoms with Crippen LogP contribution in [-0.4, -0.2) is 29.6 Å². The van der Waals surface area contributed by atoms with Gasteiger partial charge < -0.3 is 9.47 Å². The standard InChI is InChI=1S/C26H20BrCl2FN2O3S/c1-3-32-25(33)24(36-26(32)31-19-8-6-18(30)7-9-19)11-16-10-22(34-2)23(13-20(16)27)35-14-15-4-5-17(28)12-21(15)29/h4-13H,3,14H2,1-2H3/b24-11+,31-26?. The average Bonchev–Trinajstić information content (AvgIpc) is 3.14. The number of likely N-dealkylation sites (N-methyl/N-ethyl adjacent to an activating group) is 1. The van der Waals surface area contributed by atoms with Crippen LogP contribution in [0.15, 0.2) is 69.0 Å². The highest BCUT2D eigenvalue weighted by atomic mass is 79.9. The summed E-state index contributed by atoms with van der Waals surface area (Å²) in [5.41, 5.74) is 2.08. The Morgan fingerprint density at radius 2 is 1.86 bits per heavy atom. The lowest BCUT2D eigenvalue weighted by Gasteiger charge is -2.14. The van der Waals surface area contributed by atoms with Crippen molar-refractivity contribution in [2.45, 2.75) is 13.5 Å². The molecule has 0 atom stereocenters. The Morgan fingerprint density at radius 1 is 1.11 bits per heavy atom. The summed E-state index contributed by atoms with van der Waals surface area (Å²) in [7, 11) is 1.55. The number of hydrogen-bond acceptors (Lipinski definition) is 5. The molecule has 1 fully saturated rings. The SMILES string of the molecule is CCN1C(=O)/C(=C\c2cc(OC)c(OCc3ccc(Cl)cc3Cl)cc2Br)SC1=Nc1ccc(F)cc1. The molecule has 3 aromatic rings. The van der Waals surface area contributed by atoms with Gasteiger partial charge in [-0.2, -0.15) is 0 Å². The van der Waals surface area contributed by atoms with E-state index in [2.05, 4.69) is 20.9 Å². The fraction of sp³-hybridized carbons (Fsp3) is 0.154. The van der Waals surface area contributed by atoms with Crippen LogP contribution < -0.4 is 9.47 Å². The molecule has 3 aromatic carbocycles. The van der Waals surface area contributed by atoms with Crippen LogP contribution in [0.3, 0.4) is 0 Å². The topological polar surface area (TPSA) is 51.1 Å². The second-order valence-electron chi connectivity index (χ2n) is 7.58. The predicted molar refractivity (Wildman–Crippen MR) is 148 cm³/mol. The second-order valence-corrected chi connectivity index (χ2v) is 10.3. The Morgan fingerprint density at radius 3 is 2.53 bits per heavy atom. The van der Waals surface area contributed by atoms with Gasteiger partial charge in [0, 0.05) is 26.6 Å². The third-order valence-corrected chi connectivity index (χ3v) is 7.50. The van der Waals surface area contributed by atoms with Crippen molar-refractivity contribution in [1.82, 2.24) is 4.90 Å². The fourth-order valence-corrected chi connectivity index (χ4v) is 5.32. The first-order valence-electron chi connectivity index (χ1n) is 10.8. The molecular weight excluding hydrogens is 590 g/mol. The lowest BCUT2D eigenvalue weighted by molar-refractivity contribution is -0.122. The molecule has 1 aliphatic rings. The summed E-state index contributed by atoms with van der Waals surface area (Å²) in [5, 5.41) is 1.59. The number of methoxy groups -OCH3 is 1. The van der Waals surface area contributed by atoms with Gasteiger partial charge in [-0.1, -0.05) is 45.2 Å². The van der Waals surface area contributed by atoms with Crippen molar-refractivity contribution >= 4 is 73.7 Å². The van der Waals surface area contributed by atoms with Crippen molar-refractivity contribution in [1.29, 1.82) is 0 Å². The first-order valence-corrected chi connectivity index (χ1v) is 13.2. The van der Waals surface area contributed by atoms with Gasteiger partial charge in [-0.05, 0) is 78.9 Å². The van der Waals surface area contributed by atoms with E-state index in [1.54, 1.807) is 60.6 Å². The largest absolute Gasteiger partial charge is 0.493 e. The summed E-state index contributed by atoms with van der Waals surface area (Å²) in [4.78, 5) is 19.7. The predicted octanol–water partition coefficient (Wildman–Crippen LogP) is 8.11. The maximum atomic E-state index is 13.2. The van der Waals surface area contributed by atoms with E-state index in [0.717, 1.165) is 11.1 Å². The molecule has 0 aliphatic carbocycles. The van der Waals surface area contributed by atoms with E-state index in [1.807, 2.05) is 6.92 Å². The zero-order valence-electron chi connectivity index (χ0n) is 19.2. The summed E-state index contributed by atoms with van der Waals surface area (Å²) < 4.78 is 25.5. The summed E-state index contributed by atoms with van der Waals surface area (Å²) in [6.07, 6.45) is 1.77. The third-order valence-electron chi connectivity index (χ3n) is 5.22. The van der Waals surface area contributed by atoms with Crippen LogP contribution in [0.4, 0.5) is 10.1 Å². The van der Waals surface area contributed by atoms with Gasteiger partial charge in [0.05, 0.1) is 17.7 Å². The van der Waals surface area contributed by atoms with Gasteiger partial charge in [0.25, 0.3) is 5.91 Å². The quantitative estimate of drug-likeness (QED) is 0.254. The van der Waals surface area contributed by atoms with Gasteiger partial charge in [-0.3, -0.25) is 9.69 Å². The van der Waals surface area contributed by atoms with Crippen LogP contribution >= 0.6 is 50.9 Å². The lowest BCUT2D eigenvalue weighted by atomic mass is 10.1. The van der Waals surface area contributed by atoms with Crippen LogP contribution in [0.25, 0.3) is 6.08 Å². The smallest absolute Gasteiger partial charge is 0.266 e. The fourth-order valence-electron chi connectivity index (χ4n) is 3.37. The molecule has 0 spiro atoms. The summed E-state index contributed by atoms with van der Waals surface area (Å²) in [6.45, 7) is 2.55. The second kappa shape index (κ2) is 11.7. The Hall–Kier alpha value is -2.52. The summed E-state index contributed by atoms with van der Waals surface area (Å²) in [5.74, 6) is 0.506. The molecule has 0 N–H and O–H groups in total. The highest BCUT2D eigenvalue weighted by Crippen LogP contribution is 2.39. The van der Waals surface area contributed by atoms with Gasteiger partial charge in [-0.15, -0.1) is 0 Å². The van der Waals surface area contributed by atoms with Gasteiger partial charge in [0.1, 0.15) is 12.4 Å². The molecule has 186 valence electrons. The Balaban J connectivity index is 1.59. The number of halogens is 4. The van der Waals surface area contributed by atoms with E-state index in [9.17, 15) is 9.18 Å². The van der Waals surface area contributed by atoms with Crippen LogP contribution in [0.2, 0.25) is 10.0 Å². The molecule has 1 heterocycles. The number of hydrogen-bond donors (Lipinski definition) is 0. The highest BCUT2D eigenvalue weighted by molar-refractivity contribution is 9.10. The minimum Gasteiger partial charge on any atom is -0.493 e. The first-order chi connectivity index (χ1) is 17.3. The number of amides is 1. The number of ether oxygens (including phenoxy) is 2. The van der Waals surface area contributed by atoms with Crippen molar-refractivity contribution in [3.63, 3.8) is 0 Å². The number of thioether (sulfide) groups is 1. The molecule has 10 heteroatoms. The normalized spacial score (nSPS) is 15.7. The zero-order valence-corrected chi connectivity index (χ0v) is 23.1. The molecule has 1 aliphatic heterocycles. The summed E-state index contributed by atoms with van der Waals surface area (Å²) >= 11 is 17.0. The van der Waals surface area contributed by atoms with Gasteiger partial charge in [-0.25, -0.2) is 9.38 Å². The number of aliphatic imine (C=N–C) groups is 1. The minimum atomic E-state index is -0.343. The Bertz CT molecular complexity index is 1370. The molecule has 5 nitrogen and oxygen atoms in total. The van der Waals surface area contributed by atoms with Crippen molar-refractivity contribution < 1.29 is 18.7 Å². The molecule has 0 aromatic heterocycles. The lowest BCUT2D eigenvalue weighted by Crippen LogP contribution is -2.28. The number of rotatable bonds is 7. The first kappa shape index (κ1) is 26.5. The van der Waals surface area contributed by atoms with E-state index in [-0.39, 0.29) is 18.3 Å². The van der Waals surface area contributed by atoms with Crippen molar-refractivity contribution in [2.75, 3.05) is 13.7 Å². The number of nitrogens with zero attached hydrogens (tertiary/aromatic N) is 2. The van der Waals surface area contributed by atoms with E-state index in [4.69, 9.17) is 32.7 Å². The Labute approximate surface area is 231 Å². The van der Waals surface area contributed by atoms with E-state index in [1.165, 1.54) is 23.9 Å². The monoisotopic (exact) mass is 608 g/mol. The number of amidine groups is 1. The Kier molecular flexibility index (Phi) is 8.62.